The summed E-state index contributed by atoms with van der Waals surface area (Å²) in [6.07, 6.45) is 0. The molecule has 4 N–H and O–H groups in total. The number of anilines is 1. The van der Waals surface area contributed by atoms with Gasteiger partial charge in [-0.3, -0.25) is 10.9 Å². The van der Waals surface area contributed by atoms with E-state index >= 15 is 0 Å². The zero-order valence-electron chi connectivity index (χ0n) is 16.8. The normalized spacial score (nSPS) is 14.3. The molecule has 7 nitrogen and oxygen atoms in total. The van der Waals surface area contributed by atoms with Gasteiger partial charge in [0.05, 0.1) is 9.79 Å². The number of carbonyl (C=O) groups is 1. The van der Waals surface area contributed by atoms with Crippen LogP contribution in [0.25, 0.3) is 11.1 Å². The Morgan fingerprint density at radius 2 is 1.52 bits per heavy atom. The third-order valence-corrected chi connectivity index (χ3v) is 6.90. The summed E-state index contributed by atoms with van der Waals surface area (Å²) < 4.78 is 26.2. The molecular weight excluding hydrogens is 412 g/mol. The minimum atomic E-state index is -3.68. The van der Waals surface area contributed by atoms with Crippen molar-refractivity contribution in [1.29, 1.82) is 0 Å². The SMILES string of the molecule is O=C(NCC1CNNC1)Nc1ccc(S(=O)(=O)c2cccc(-c3ccccc3)c2)cc1. The smallest absolute Gasteiger partial charge is 0.319 e. The Balaban J connectivity index is 1.45. The largest absolute Gasteiger partial charge is 0.337 e. The van der Waals surface area contributed by atoms with Crippen LogP contribution in [0.15, 0.2) is 88.7 Å². The maximum atomic E-state index is 13.1. The molecular formula is C23H24N4O3S. The molecule has 2 amide bonds. The second-order valence-corrected chi connectivity index (χ2v) is 9.33. The van der Waals surface area contributed by atoms with Crippen LogP contribution in [0.3, 0.4) is 0 Å². The van der Waals surface area contributed by atoms with Crippen molar-refractivity contribution >= 4 is 21.6 Å². The molecule has 0 radical (unpaired) electrons. The lowest BCUT2D eigenvalue weighted by atomic mass is 10.1. The van der Waals surface area contributed by atoms with E-state index in [-0.39, 0.29) is 15.8 Å². The molecule has 160 valence electrons. The van der Waals surface area contributed by atoms with Crippen LogP contribution in [0.2, 0.25) is 0 Å². The monoisotopic (exact) mass is 436 g/mol. The minimum Gasteiger partial charge on any atom is -0.337 e. The van der Waals surface area contributed by atoms with Crippen molar-refractivity contribution in [3.8, 4) is 11.1 Å². The van der Waals surface area contributed by atoms with Gasteiger partial charge < -0.3 is 10.6 Å². The van der Waals surface area contributed by atoms with Gasteiger partial charge in [0.25, 0.3) is 0 Å². The van der Waals surface area contributed by atoms with Crippen LogP contribution >= 0.6 is 0 Å². The third-order valence-electron chi connectivity index (χ3n) is 5.13. The van der Waals surface area contributed by atoms with Crippen LogP contribution in [0.4, 0.5) is 10.5 Å². The van der Waals surface area contributed by atoms with Gasteiger partial charge in [-0.2, -0.15) is 0 Å². The number of amides is 2. The minimum absolute atomic E-state index is 0.173. The van der Waals surface area contributed by atoms with E-state index in [1.54, 1.807) is 30.3 Å². The second kappa shape index (κ2) is 9.30. The topological polar surface area (TPSA) is 99.3 Å². The number of benzene rings is 3. The summed E-state index contributed by atoms with van der Waals surface area (Å²) in [5.74, 6) is 0.338. The van der Waals surface area contributed by atoms with E-state index < -0.39 is 9.84 Å². The number of hydrazine groups is 1. The Morgan fingerprint density at radius 3 is 2.23 bits per heavy atom. The van der Waals surface area contributed by atoms with Gasteiger partial charge in [-0.05, 0) is 47.5 Å². The highest BCUT2D eigenvalue weighted by Crippen LogP contribution is 2.27. The first kappa shape index (κ1) is 21.0. The highest BCUT2D eigenvalue weighted by molar-refractivity contribution is 7.91. The Kier molecular flexibility index (Phi) is 6.31. The summed E-state index contributed by atoms with van der Waals surface area (Å²) in [7, 11) is -3.68. The molecule has 1 aliphatic heterocycles. The van der Waals surface area contributed by atoms with Gasteiger partial charge >= 0.3 is 6.03 Å². The number of hydrogen-bond donors (Lipinski definition) is 4. The number of nitrogens with one attached hydrogen (secondary N) is 4. The lowest BCUT2D eigenvalue weighted by molar-refractivity contribution is 0.250. The summed E-state index contributed by atoms with van der Waals surface area (Å²) in [6, 6.07) is 22.4. The van der Waals surface area contributed by atoms with E-state index in [4.69, 9.17) is 0 Å². The van der Waals surface area contributed by atoms with Crippen molar-refractivity contribution in [3.63, 3.8) is 0 Å². The Hall–Kier alpha value is -3.20. The van der Waals surface area contributed by atoms with Crippen LogP contribution in [-0.4, -0.2) is 34.1 Å². The summed E-state index contributed by atoms with van der Waals surface area (Å²) >= 11 is 0. The van der Waals surface area contributed by atoms with Crippen LogP contribution in [0.5, 0.6) is 0 Å². The summed E-state index contributed by atoms with van der Waals surface area (Å²) in [4.78, 5) is 12.5. The maximum absolute atomic E-state index is 13.1. The second-order valence-electron chi connectivity index (χ2n) is 7.38. The molecule has 3 aromatic rings. The van der Waals surface area contributed by atoms with Crippen molar-refractivity contribution < 1.29 is 13.2 Å². The first-order valence-corrected chi connectivity index (χ1v) is 11.5. The number of hydrogen-bond acceptors (Lipinski definition) is 5. The van der Waals surface area contributed by atoms with E-state index in [1.807, 2.05) is 36.4 Å². The van der Waals surface area contributed by atoms with Crippen LogP contribution in [0, 0.1) is 5.92 Å². The van der Waals surface area contributed by atoms with E-state index in [0.29, 0.717) is 18.2 Å². The molecule has 31 heavy (non-hydrogen) atoms. The quantitative estimate of drug-likeness (QED) is 0.476. The molecule has 3 aromatic carbocycles. The average molecular weight is 437 g/mol. The summed E-state index contributed by atoms with van der Waals surface area (Å²) in [5, 5.41) is 5.55. The van der Waals surface area contributed by atoms with Gasteiger partial charge in [-0.1, -0.05) is 42.5 Å². The van der Waals surface area contributed by atoms with Crippen LogP contribution in [0.1, 0.15) is 0 Å². The van der Waals surface area contributed by atoms with E-state index in [9.17, 15) is 13.2 Å². The van der Waals surface area contributed by atoms with Gasteiger partial charge in [0.2, 0.25) is 9.84 Å². The van der Waals surface area contributed by atoms with Crippen molar-refractivity contribution in [2.75, 3.05) is 25.0 Å². The van der Waals surface area contributed by atoms with Crippen molar-refractivity contribution in [1.82, 2.24) is 16.2 Å². The van der Waals surface area contributed by atoms with E-state index in [0.717, 1.165) is 24.2 Å². The first-order valence-electron chi connectivity index (χ1n) is 10.0. The van der Waals surface area contributed by atoms with Crippen LogP contribution in [-0.2, 0) is 9.84 Å². The lowest BCUT2D eigenvalue weighted by Crippen LogP contribution is -2.34. The van der Waals surface area contributed by atoms with E-state index in [2.05, 4.69) is 21.5 Å². The van der Waals surface area contributed by atoms with Crippen molar-refractivity contribution in [3.05, 3.63) is 78.9 Å². The van der Waals surface area contributed by atoms with Gasteiger partial charge in [-0.15, -0.1) is 0 Å². The van der Waals surface area contributed by atoms with Gasteiger partial charge in [0, 0.05) is 31.2 Å². The number of carbonyl (C=O) groups excluding carboxylic acids is 1. The molecule has 0 spiro atoms. The number of urea groups is 1. The maximum Gasteiger partial charge on any atom is 0.319 e. The molecule has 4 rings (SSSR count). The number of sulfone groups is 1. The highest BCUT2D eigenvalue weighted by atomic mass is 32.2. The molecule has 0 saturated carbocycles. The van der Waals surface area contributed by atoms with E-state index in [1.165, 1.54) is 12.1 Å². The predicted octanol–water partition coefficient (Wildman–Crippen LogP) is 3.03. The summed E-state index contributed by atoms with van der Waals surface area (Å²) in [6.45, 7) is 2.16. The molecule has 0 unspecified atom stereocenters. The molecule has 0 aliphatic carbocycles. The zero-order valence-corrected chi connectivity index (χ0v) is 17.7. The molecule has 0 bridgehead atoms. The summed E-state index contributed by atoms with van der Waals surface area (Å²) in [5.41, 5.74) is 8.34. The molecule has 0 aromatic heterocycles. The fraction of sp³-hybridized carbons (Fsp3) is 0.174. The van der Waals surface area contributed by atoms with Crippen molar-refractivity contribution in [2.45, 2.75) is 9.79 Å². The van der Waals surface area contributed by atoms with Gasteiger partial charge in [-0.25, -0.2) is 13.2 Å². The zero-order chi connectivity index (χ0) is 21.7. The Morgan fingerprint density at radius 1 is 0.839 bits per heavy atom. The van der Waals surface area contributed by atoms with Crippen molar-refractivity contribution in [2.24, 2.45) is 5.92 Å². The standard InChI is InChI=1S/C23H24N4O3S/c28-23(24-14-17-15-25-26-16-17)27-20-9-11-21(12-10-20)31(29,30)22-8-4-7-19(13-22)18-5-2-1-3-6-18/h1-13,17,25-26H,14-16H2,(H2,24,27,28). The van der Waals surface area contributed by atoms with Gasteiger partial charge in [0.1, 0.15) is 0 Å². The predicted molar refractivity (Wildman–Crippen MR) is 120 cm³/mol. The molecule has 1 aliphatic rings. The van der Waals surface area contributed by atoms with Gasteiger partial charge in [0.15, 0.2) is 0 Å². The molecule has 1 heterocycles. The fourth-order valence-corrected chi connectivity index (χ4v) is 4.70. The number of rotatable bonds is 6. The average Bonchev–Trinajstić information content (AvgIpc) is 3.33. The molecule has 0 atom stereocenters. The molecule has 8 heteroatoms. The lowest BCUT2D eigenvalue weighted by Gasteiger charge is -2.11. The highest BCUT2D eigenvalue weighted by Gasteiger charge is 2.19. The Labute approximate surface area is 181 Å². The van der Waals surface area contributed by atoms with Crippen LogP contribution < -0.4 is 21.5 Å². The Bertz CT molecular complexity index is 1140. The molecule has 1 saturated heterocycles. The molecule has 1 fully saturated rings. The first-order chi connectivity index (χ1) is 15.0. The fourth-order valence-electron chi connectivity index (χ4n) is 3.39. The third kappa shape index (κ3) is 5.11.